The second-order valence-corrected chi connectivity index (χ2v) is 6.51. The molecule has 0 N–H and O–H groups in total. The Hall–Kier alpha value is -1.42. The second kappa shape index (κ2) is 5.76. The van der Waals surface area contributed by atoms with Crippen molar-refractivity contribution < 1.29 is 9.53 Å². The molecule has 3 nitrogen and oxygen atoms in total. The first-order valence-electron chi connectivity index (χ1n) is 7.64. The summed E-state index contributed by atoms with van der Waals surface area (Å²) >= 11 is 5.54. The summed E-state index contributed by atoms with van der Waals surface area (Å²) in [5, 5.41) is 0. The molecule has 3 rings (SSSR count). The average Bonchev–Trinajstić information content (AvgIpc) is 3.22. The van der Waals surface area contributed by atoms with Crippen LogP contribution < -0.4 is 0 Å². The van der Waals surface area contributed by atoms with Gasteiger partial charge in [0.05, 0.1) is 17.0 Å². The zero-order valence-corrected chi connectivity index (χ0v) is 13.2. The molecule has 2 aliphatic rings. The van der Waals surface area contributed by atoms with Gasteiger partial charge in [0, 0.05) is 19.5 Å². The van der Waals surface area contributed by atoms with Crippen LogP contribution in [0, 0.1) is 11.3 Å². The molecule has 1 aromatic rings. The van der Waals surface area contributed by atoms with Gasteiger partial charge in [-0.2, -0.15) is 0 Å². The third kappa shape index (κ3) is 2.82. The molecular weight excluding hydrogens is 282 g/mol. The fraction of sp³-hybridized carbons (Fsp3) is 0.529. The van der Waals surface area contributed by atoms with Crippen LogP contribution in [0.1, 0.15) is 31.7 Å². The van der Waals surface area contributed by atoms with Gasteiger partial charge in [0.15, 0.2) is 0 Å². The summed E-state index contributed by atoms with van der Waals surface area (Å²) in [6, 6.07) is 10.4. The van der Waals surface area contributed by atoms with Crippen molar-refractivity contribution in [2.24, 2.45) is 11.3 Å². The molecule has 1 aromatic carbocycles. The van der Waals surface area contributed by atoms with Crippen LogP contribution in [0.5, 0.6) is 0 Å². The molecule has 1 heterocycles. The molecule has 4 heteroatoms. The minimum absolute atomic E-state index is 0.0145. The van der Waals surface area contributed by atoms with Crippen LogP contribution in [0.3, 0.4) is 0 Å². The van der Waals surface area contributed by atoms with Crippen LogP contribution in [-0.4, -0.2) is 29.0 Å². The number of hydrogen-bond acceptors (Lipinski definition) is 3. The summed E-state index contributed by atoms with van der Waals surface area (Å²) < 4.78 is 5.27. The van der Waals surface area contributed by atoms with E-state index in [0.29, 0.717) is 12.5 Å². The lowest BCUT2D eigenvalue weighted by molar-refractivity contribution is -0.151. The van der Waals surface area contributed by atoms with Crippen molar-refractivity contribution in [2.45, 2.75) is 32.7 Å². The molecule has 1 aliphatic heterocycles. The SMILES string of the molecule is CCOC(=O)C1(C2CC(=S)N(Cc3ccccc3)C2)CC1. The highest BCUT2D eigenvalue weighted by Crippen LogP contribution is 2.56. The number of thiocarbonyl (C=S) groups is 1. The Morgan fingerprint density at radius 1 is 1.38 bits per heavy atom. The first-order chi connectivity index (χ1) is 10.2. The van der Waals surface area contributed by atoms with Gasteiger partial charge in [-0.05, 0) is 31.2 Å². The Bertz CT molecular complexity index is 539. The summed E-state index contributed by atoms with van der Waals surface area (Å²) in [5.74, 6) is 0.312. The molecule has 2 fully saturated rings. The number of likely N-dealkylation sites (tertiary alicyclic amines) is 1. The molecule has 1 saturated heterocycles. The first-order valence-corrected chi connectivity index (χ1v) is 8.05. The van der Waals surface area contributed by atoms with Gasteiger partial charge in [-0.25, -0.2) is 0 Å². The molecule has 1 saturated carbocycles. The van der Waals surface area contributed by atoms with Gasteiger partial charge in [0.25, 0.3) is 0 Å². The molecule has 21 heavy (non-hydrogen) atoms. The minimum Gasteiger partial charge on any atom is -0.466 e. The van der Waals surface area contributed by atoms with E-state index in [1.54, 1.807) is 0 Å². The summed E-state index contributed by atoms with van der Waals surface area (Å²) in [7, 11) is 0. The van der Waals surface area contributed by atoms with Crippen molar-refractivity contribution in [3.8, 4) is 0 Å². The van der Waals surface area contributed by atoms with Crippen LogP contribution in [-0.2, 0) is 16.1 Å². The number of rotatable bonds is 5. The standard InChI is InChI=1S/C17H21NO2S/c1-2-20-16(19)17(8-9-17)14-10-15(21)18(12-14)11-13-6-4-3-5-7-13/h3-7,14H,2,8-12H2,1H3. The fourth-order valence-corrected chi connectivity index (χ4v) is 3.63. The summed E-state index contributed by atoms with van der Waals surface area (Å²) in [6.07, 6.45) is 2.76. The van der Waals surface area contributed by atoms with E-state index in [4.69, 9.17) is 17.0 Å². The Kier molecular flexibility index (Phi) is 3.98. The van der Waals surface area contributed by atoms with E-state index in [0.717, 1.165) is 37.3 Å². The lowest BCUT2D eigenvalue weighted by atomic mass is 9.88. The van der Waals surface area contributed by atoms with Gasteiger partial charge in [-0.1, -0.05) is 42.5 Å². The van der Waals surface area contributed by atoms with Gasteiger partial charge < -0.3 is 9.64 Å². The molecule has 0 radical (unpaired) electrons. The third-order valence-electron chi connectivity index (χ3n) is 4.68. The summed E-state index contributed by atoms with van der Waals surface area (Å²) in [6.45, 7) is 4.06. The van der Waals surface area contributed by atoms with Gasteiger partial charge in [-0.15, -0.1) is 0 Å². The second-order valence-electron chi connectivity index (χ2n) is 6.04. The molecule has 112 valence electrons. The maximum Gasteiger partial charge on any atom is 0.312 e. The fourth-order valence-electron chi connectivity index (χ4n) is 3.29. The summed E-state index contributed by atoms with van der Waals surface area (Å²) in [4.78, 5) is 15.4. The van der Waals surface area contributed by atoms with E-state index in [-0.39, 0.29) is 11.4 Å². The quantitative estimate of drug-likeness (QED) is 0.617. The first kappa shape index (κ1) is 14.5. The summed E-state index contributed by atoms with van der Waals surface area (Å²) in [5.41, 5.74) is 1.02. The largest absolute Gasteiger partial charge is 0.466 e. The minimum atomic E-state index is -0.245. The molecule has 1 unspecified atom stereocenters. The highest BCUT2D eigenvalue weighted by molar-refractivity contribution is 7.80. The lowest BCUT2D eigenvalue weighted by Crippen LogP contribution is -2.30. The van der Waals surface area contributed by atoms with Gasteiger partial charge >= 0.3 is 5.97 Å². The van der Waals surface area contributed by atoms with E-state index in [2.05, 4.69) is 17.0 Å². The van der Waals surface area contributed by atoms with Crippen LogP contribution in [0.2, 0.25) is 0 Å². The van der Waals surface area contributed by atoms with Crippen LogP contribution in [0.4, 0.5) is 0 Å². The Morgan fingerprint density at radius 2 is 2.10 bits per heavy atom. The van der Waals surface area contributed by atoms with Crippen LogP contribution in [0.15, 0.2) is 30.3 Å². The smallest absolute Gasteiger partial charge is 0.312 e. The zero-order chi connectivity index (χ0) is 14.9. The highest BCUT2D eigenvalue weighted by Gasteiger charge is 2.58. The van der Waals surface area contributed by atoms with Crippen molar-refractivity contribution >= 4 is 23.2 Å². The van der Waals surface area contributed by atoms with Gasteiger partial charge in [0.1, 0.15) is 0 Å². The molecule has 0 amide bonds. The van der Waals surface area contributed by atoms with Crippen molar-refractivity contribution in [1.29, 1.82) is 0 Å². The van der Waals surface area contributed by atoms with Crippen LogP contribution in [0.25, 0.3) is 0 Å². The van der Waals surface area contributed by atoms with Gasteiger partial charge in [0.2, 0.25) is 0 Å². The molecule has 1 aliphatic carbocycles. The number of hydrogen-bond donors (Lipinski definition) is 0. The zero-order valence-electron chi connectivity index (χ0n) is 12.4. The van der Waals surface area contributed by atoms with E-state index in [1.807, 2.05) is 25.1 Å². The van der Waals surface area contributed by atoms with Crippen molar-refractivity contribution in [1.82, 2.24) is 4.90 Å². The predicted octanol–water partition coefficient (Wildman–Crippen LogP) is 3.18. The molecular formula is C17H21NO2S. The molecule has 0 aromatic heterocycles. The number of carbonyl (C=O) groups is 1. The lowest BCUT2D eigenvalue weighted by Gasteiger charge is -2.22. The predicted molar refractivity (Wildman–Crippen MR) is 85.9 cm³/mol. The monoisotopic (exact) mass is 303 g/mol. The normalized spacial score (nSPS) is 23.2. The maximum atomic E-state index is 12.2. The van der Waals surface area contributed by atoms with Crippen molar-refractivity contribution in [3.05, 3.63) is 35.9 Å². The Labute approximate surface area is 131 Å². The van der Waals surface area contributed by atoms with Gasteiger partial charge in [-0.3, -0.25) is 4.79 Å². The van der Waals surface area contributed by atoms with E-state index in [1.165, 1.54) is 5.56 Å². The number of esters is 1. The third-order valence-corrected chi connectivity index (χ3v) is 5.11. The van der Waals surface area contributed by atoms with Crippen molar-refractivity contribution in [3.63, 3.8) is 0 Å². The maximum absolute atomic E-state index is 12.2. The number of benzene rings is 1. The Morgan fingerprint density at radius 3 is 2.71 bits per heavy atom. The Balaban J connectivity index is 1.66. The average molecular weight is 303 g/mol. The topological polar surface area (TPSA) is 29.5 Å². The number of ether oxygens (including phenoxy) is 1. The molecule has 1 atom stereocenters. The number of nitrogens with zero attached hydrogens (tertiary/aromatic N) is 1. The molecule has 0 spiro atoms. The number of carbonyl (C=O) groups excluding carboxylic acids is 1. The van der Waals surface area contributed by atoms with Crippen molar-refractivity contribution in [2.75, 3.05) is 13.2 Å². The van der Waals surface area contributed by atoms with E-state index < -0.39 is 0 Å². The van der Waals surface area contributed by atoms with Crippen LogP contribution >= 0.6 is 12.2 Å². The highest BCUT2D eigenvalue weighted by atomic mass is 32.1. The van der Waals surface area contributed by atoms with E-state index in [9.17, 15) is 4.79 Å². The van der Waals surface area contributed by atoms with E-state index >= 15 is 0 Å². The molecule has 0 bridgehead atoms.